The molecular formula is C12H13ClFNO3S. The highest BCUT2D eigenvalue weighted by molar-refractivity contribution is 7.91. The molecule has 4 nitrogen and oxygen atoms in total. The summed E-state index contributed by atoms with van der Waals surface area (Å²) in [5, 5.41) is 2.51. The minimum Gasteiger partial charge on any atom is -0.326 e. The SMILES string of the molecule is O=C(C[C@@H]1CCS(=O)(=O)C1)Nc1ccc(F)c(Cl)c1. The number of halogens is 2. The first-order valence-electron chi connectivity index (χ1n) is 5.81. The highest BCUT2D eigenvalue weighted by Crippen LogP contribution is 2.23. The highest BCUT2D eigenvalue weighted by Gasteiger charge is 2.29. The van der Waals surface area contributed by atoms with E-state index in [0.29, 0.717) is 12.1 Å². The Hall–Kier alpha value is -1.14. The highest BCUT2D eigenvalue weighted by atomic mass is 35.5. The number of carbonyl (C=O) groups excluding carboxylic acids is 1. The zero-order chi connectivity index (χ0) is 14.0. The van der Waals surface area contributed by atoms with Crippen molar-refractivity contribution >= 4 is 33.0 Å². The molecule has 1 aliphatic rings. The fourth-order valence-corrected chi connectivity index (χ4v) is 4.12. The minimum atomic E-state index is -2.98. The number of rotatable bonds is 3. The summed E-state index contributed by atoms with van der Waals surface area (Å²) in [5.74, 6) is -0.773. The van der Waals surface area contributed by atoms with Crippen molar-refractivity contribution < 1.29 is 17.6 Å². The second-order valence-electron chi connectivity index (χ2n) is 4.65. The van der Waals surface area contributed by atoms with Crippen molar-refractivity contribution in [2.45, 2.75) is 12.8 Å². The number of nitrogens with one attached hydrogen (secondary N) is 1. The van der Waals surface area contributed by atoms with Gasteiger partial charge in [0.2, 0.25) is 5.91 Å². The van der Waals surface area contributed by atoms with Crippen LogP contribution in [0.5, 0.6) is 0 Å². The molecule has 1 fully saturated rings. The van der Waals surface area contributed by atoms with Gasteiger partial charge in [0.15, 0.2) is 9.84 Å². The molecule has 1 amide bonds. The van der Waals surface area contributed by atoms with E-state index < -0.39 is 15.7 Å². The Morgan fingerprint density at radius 3 is 2.79 bits per heavy atom. The molecule has 0 bridgehead atoms. The molecule has 0 aliphatic carbocycles. The van der Waals surface area contributed by atoms with E-state index in [0.717, 1.165) is 6.07 Å². The second-order valence-corrected chi connectivity index (χ2v) is 7.29. The summed E-state index contributed by atoms with van der Waals surface area (Å²) in [6, 6.07) is 3.89. The maximum Gasteiger partial charge on any atom is 0.224 e. The third-order valence-corrected chi connectivity index (χ3v) is 5.13. The fourth-order valence-electron chi connectivity index (χ4n) is 2.08. The van der Waals surface area contributed by atoms with Crippen molar-refractivity contribution in [2.24, 2.45) is 5.92 Å². The summed E-state index contributed by atoms with van der Waals surface area (Å²) in [5.41, 5.74) is 0.400. The van der Waals surface area contributed by atoms with Gasteiger partial charge in [0, 0.05) is 12.1 Å². The largest absolute Gasteiger partial charge is 0.326 e. The molecule has 1 aliphatic heterocycles. The summed E-state index contributed by atoms with van der Waals surface area (Å²) in [7, 11) is -2.98. The first-order chi connectivity index (χ1) is 8.85. The first-order valence-corrected chi connectivity index (χ1v) is 8.01. The lowest BCUT2D eigenvalue weighted by atomic mass is 10.1. The Morgan fingerprint density at radius 1 is 1.47 bits per heavy atom. The van der Waals surface area contributed by atoms with Crippen LogP contribution in [0.15, 0.2) is 18.2 Å². The molecule has 0 aromatic heterocycles. The van der Waals surface area contributed by atoms with Crippen LogP contribution in [0.2, 0.25) is 5.02 Å². The number of anilines is 1. The lowest BCUT2D eigenvalue weighted by molar-refractivity contribution is -0.116. The van der Waals surface area contributed by atoms with E-state index in [9.17, 15) is 17.6 Å². The molecule has 0 saturated carbocycles. The molecule has 1 aromatic rings. The van der Waals surface area contributed by atoms with Crippen LogP contribution in [-0.4, -0.2) is 25.8 Å². The van der Waals surface area contributed by atoms with E-state index in [2.05, 4.69) is 5.32 Å². The second kappa shape index (κ2) is 5.46. The van der Waals surface area contributed by atoms with Crippen LogP contribution in [0.3, 0.4) is 0 Å². The molecule has 1 N–H and O–H groups in total. The maximum atomic E-state index is 12.9. The van der Waals surface area contributed by atoms with Gasteiger partial charge in [0.05, 0.1) is 16.5 Å². The molecule has 1 atom stereocenters. The summed E-state index contributed by atoms with van der Waals surface area (Å²) in [4.78, 5) is 11.7. The standard InChI is InChI=1S/C12H13ClFNO3S/c13-10-6-9(1-2-11(10)14)15-12(16)5-8-3-4-19(17,18)7-8/h1-2,6,8H,3-5,7H2,(H,15,16)/t8-/m0/s1. The molecule has 1 heterocycles. The fraction of sp³-hybridized carbons (Fsp3) is 0.417. The predicted molar refractivity (Wildman–Crippen MR) is 71.4 cm³/mol. The van der Waals surface area contributed by atoms with Crippen molar-refractivity contribution in [3.05, 3.63) is 29.0 Å². The third kappa shape index (κ3) is 3.91. The molecule has 1 aromatic carbocycles. The number of hydrogen-bond donors (Lipinski definition) is 1. The van der Waals surface area contributed by atoms with Crippen LogP contribution in [0.1, 0.15) is 12.8 Å². The molecule has 7 heteroatoms. The molecule has 0 radical (unpaired) electrons. The van der Waals surface area contributed by atoms with Gasteiger partial charge in [-0.2, -0.15) is 0 Å². The zero-order valence-corrected chi connectivity index (χ0v) is 11.6. The van der Waals surface area contributed by atoms with E-state index in [4.69, 9.17) is 11.6 Å². The maximum absolute atomic E-state index is 12.9. The summed E-state index contributed by atoms with van der Waals surface area (Å²) in [6.45, 7) is 0. The first kappa shape index (κ1) is 14.3. The number of carbonyl (C=O) groups is 1. The third-order valence-electron chi connectivity index (χ3n) is 3.00. The van der Waals surface area contributed by atoms with Crippen LogP contribution in [0.25, 0.3) is 0 Å². The molecule has 0 unspecified atom stereocenters. The number of hydrogen-bond acceptors (Lipinski definition) is 3. The average Bonchev–Trinajstić information content (AvgIpc) is 2.63. The Morgan fingerprint density at radius 2 is 2.21 bits per heavy atom. The van der Waals surface area contributed by atoms with Gasteiger partial charge in [-0.25, -0.2) is 12.8 Å². The topological polar surface area (TPSA) is 63.2 Å². The van der Waals surface area contributed by atoms with E-state index in [1.807, 2.05) is 0 Å². The normalized spacial score (nSPS) is 21.3. The van der Waals surface area contributed by atoms with E-state index >= 15 is 0 Å². The van der Waals surface area contributed by atoms with Crippen LogP contribution in [-0.2, 0) is 14.6 Å². The van der Waals surface area contributed by atoms with E-state index in [1.54, 1.807) is 0 Å². The van der Waals surface area contributed by atoms with Gasteiger partial charge in [0.1, 0.15) is 5.82 Å². The van der Waals surface area contributed by atoms with Crippen LogP contribution >= 0.6 is 11.6 Å². The molecule has 104 valence electrons. The van der Waals surface area contributed by atoms with Gasteiger partial charge in [0.25, 0.3) is 0 Å². The van der Waals surface area contributed by atoms with Crippen molar-refractivity contribution in [3.63, 3.8) is 0 Å². The number of benzene rings is 1. The lowest BCUT2D eigenvalue weighted by Crippen LogP contribution is -2.17. The quantitative estimate of drug-likeness (QED) is 0.931. The van der Waals surface area contributed by atoms with Crippen molar-refractivity contribution in [1.82, 2.24) is 0 Å². The van der Waals surface area contributed by atoms with Gasteiger partial charge in [-0.3, -0.25) is 4.79 Å². The summed E-state index contributed by atoms with van der Waals surface area (Å²) >= 11 is 5.60. The predicted octanol–water partition coefficient (Wildman–Crippen LogP) is 2.24. The van der Waals surface area contributed by atoms with Gasteiger partial charge >= 0.3 is 0 Å². The average molecular weight is 306 g/mol. The van der Waals surface area contributed by atoms with Crippen molar-refractivity contribution in [1.29, 1.82) is 0 Å². The Balaban J connectivity index is 1.93. The molecule has 0 spiro atoms. The van der Waals surface area contributed by atoms with Crippen molar-refractivity contribution in [2.75, 3.05) is 16.8 Å². The number of sulfone groups is 1. The van der Waals surface area contributed by atoms with E-state index in [-0.39, 0.29) is 34.8 Å². The van der Waals surface area contributed by atoms with Gasteiger partial charge < -0.3 is 5.32 Å². The van der Waals surface area contributed by atoms with Crippen LogP contribution in [0, 0.1) is 11.7 Å². The van der Waals surface area contributed by atoms with E-state index in [1.165, 1.54) is 12.1 Å². The molecule has 2 rings (SSSR count). The van der Waals surface area contributed by atoms with Crippen LogP contribution < -0.4 is 5.32 Å². The molecular weight excluding hydrogens is 293 g/mol. The van der Waals surface area contributed by atoms with Gasteiger partial charge in [-0.15, -0.1) is 0 Å². The Kier molecular flexibility index (Phi) is 4.10. The van der Waals surface area contributed by atoms with Gasteiger partial charge in [-0.1, -0.05) is 11.6 Å². The Bertz CT molecular complexity index is 603. The monoisotopic (exact) mass is 305 g/mol. The van der Waals surface area contributed by atoms with Crippen molar-refractivity contribution in [3.8, 4) is 0 Å². The van der Waals surface area contributed by atoms with Crippen LogP contribution in [0.4, 0.5) is 10.1 Å². The smallest absolute Gasteiger partial charge is 0.224 e. The molecule has 19 heavy (non-hydrogen) atoms. The summed E-state index contributed by atoms with van der Waals surface area (Å²) in [6.07, 6.45) is 0.661. The zero-order valence-electron chi connectivity index (χ0n) is 10.0. The number of amides is 1. The summed E-state index contributed by atoms with van der Waals surface area (Å²) < 4.78 is 35.5. The van der Waals surface area contributed by atoms with Gasteiger partial charge in [-0.05, 0) is 30.5 Å². The Labute approximate surface area is 115 Å². The minimum absolute atomic E-state index is 0.0601. The molecule has 1 saturated heterocycles. The lowest BCUT2D eigenvalue weighted by Gasteiger charge is -2.09.